The Bertz CT molecular complexity index is 1030. The fraction of sp³-hybridized carbons (Fsp3) is 0.318. The van der Waals surface area contributed by atoms with Crippen molar-refractivity contribution in [1.82, 2.24) is 10.2 Å². The summed E-state index contributed by atoms with van der Waals surface area (Å²) in [7, 11) is 4.57. The Morgan fingerprint density at radius 3 is 2.03 bits per heavy atom. The van der Waals surface area contributed by atoms with E-state index in [2.05, 4.69) is 10.2 Å². The van der Waals surface area contributed by atoms with Gasteiger partial charge in [-0.3, -0.25) is 0 Å². The number of nitrogens with zero attached hydrogens (tertiary/aromatic N) is 2. The van der Waals surface area contributed by atoms with Crippen molar-refractivity contribution in [3.05, 3.63) is 52.4 Å². The van der Waals surface area contributed by atoms with E-state index in [0.29, 0.717) is 28.4 Å². The highest BCUT2D eigenvalue weighted by atomic mass is 16.5. The predicted molar refractivity (Wildman–Crippen MR) is 109 cm³/mol. The standard InChI is InChI=1S/C22H24N2O6/c1-12-7-13(2)19(14(3)8-12)22(25)29-11-18-23-24-21(30-18)15-9-16(26-4)20(28-6)17(10-15)27-5/h7-10H,11H2,1-6H3. The van der Waals surface area contributed by atoms with Crippen LogP contribution in [-0.4, -0.2) is 37.5 Å². The number of carbonyl (C=O) groups excluding carboxylic acids is 1. The highest BCUT2D eigenvalue weighted by Crippen LogP contribution is 2.40. The van der Waals surface area contributed by atoms with Gasteiger partial charge in [0, 0.05) is 5.56 Å². The molecule has 1 heterocycles. The molecular formula is C22H24N2O6. The molecule has 158 valence electrons. The van der Waals surface area contributed by atoms with Gasteiger partial charge in [-0.15, -0.1) is 10.2 Å². The second kappa shape index (κ2) is 8.86. The lowest BCUT2D eigenvalue weighted by Crippen LogP contribution is -2.09. The van der Waals surface area contributed by atoms with E-state index < -0.39 is 5.97 Å². The zero-order valence-electron chi connectivity index (χ0n) is 17.9. The Morgan fingerprint density at radius 1 is 0.900 bits per heavy atom. The van der Waals surface area contributed by atoms with Crippen molar-refractivity contribution in [2.24, 2.45) is 0 Å². The molecule has 1 aromatic heterocycles. The SMILES string of the molecule is COc1cc(-c2nnc(COC(=O)c3c(C)cc(C)cc3C)o2)cc(OC)c1OC. The van der Waals surface area contributed by atoms with Gasteiger partial charge in [-0.25, -0.2) is 4.79 Å². The molecule has 0 atom stereocenters. The fourth-order valence-electron chi connectivity index (χ4n) is 3.33. The summed E-state index contributed by atoms with van der Waals surface area (Å²) in [5.74, 6) is 1.36. The van der Waals surface area contributed by atoms with Gasteiger partial charge in [-0.05, 0) is 44.0 Å². The quantitative estimate of drug-likeness (QED) is 0.537. The van der Waals surface area contributed by atoms with E-state index in [1.165, 1.54) is 21.3 Å². The van der Waals surface area contributed by atoms with E-state index in [1.807, 2.05) is 32.9 Å². The average Bonchev–Trinajstić information content (AvgIpc) is 3.19. The van der Waals surface area contributed by atoms with E-state index in [4.69, 9.17) is 23.4 Å². The molecule has 30 heavy (non-hydrogen) atoms. The third-order valence-corrected chi connectivity index (χ3v) is 4.59. The van der Waals surface area contributed by atoms with Crippen LogP contribution in [0.5, 0.6) is 17.2 Å². The molecule has 0 aliphatic heterocycles. The molecule has 0 saturated carbocycles. The minimum atomic E-state index is -0.433. The van der Waals surface area contributed by atoms with Gasteiger partial charge in [0.05, 0.1) is 26.9 Å². The molecule has 0 amide bonds. The fourth-order valence-corrected chi connectivity index (χ4v) is 3.33. The first-order chi connectivity index (χ1) is 14.4. The number of aromatic nitrogens is 2. The molecule has 3 aromatic rings. The smallest absolute Gasteiger partial charge is 0.339 e. The second-order valence-electron chi connectivity index (χ2n) is 6.76. The van der Waals surface area contributed by atoms with Crippen LogP contribution < -0.4 is 14.2 Å². The molecule has 2 aromatic carbocycles. The maximum atomic E-state index is 12.5. The van der Waals surface area contributed by atoms with Crippen molar-refractivity contribution >= 4 is 5.97 Å². The van der Waals surface area contributed by atoms with Gasteiger partial charge in [0.25, 0.3) is 5.89 Å². The molecule has 0 fully saturated rings. The van der Waals surface area contributed by atoms with Gasteiger partial charge >= 0.3 is 5.97 Å². The lowest BCUT2D eigenvalue weighted by atomic mass is 10.00. The average molecular weight is 412 g/mol. The van der Waals surface area contributed by atoms with Crippen molar-refractivity contribution in [1.29, 1.82) is 0 Å². The zero-order chi connectivity index (χ0) is 21.8. The molecule has 0 radical (unpaired) electrons. The summed E-state index contributed by atoms with van der Waals surface area (Å²) in [5.41, 5.74) is 3.94. The minimum Gasteiger partial charge on any atom is -0.493 e. The summed E-state index contributed by atoms with van der Waals surface area (Å²) >= 11 is 0. The second-order valence-corrected chi connectivity index (χ2v) is 6.76. The number of carbonyl (C=O) groups is 1. The van der Waals surface area contributed by atoms with Crippen molar-refractivity contribution in [2.75, 3.05) is 21.3 Å². The number of ether oxygens (including phenoxy) is 4. The molecular weight excluding hydrogens is 388 g/mol. The van der Waals surface area contributed by atoms with E-state index in [-0.39, 0.29) is 18.4 Å². The Kier molecular flexibility index (Phi) is 6.25. The third kappa shape index (κ3) is 4.22. The van der Waals surface area contributed by atoms with Crippen molar-refractivity contribution < 1.29 is 28.2 Å². The first-order valence-corrected chi connectivity index (χ1v) is 9.25. The first kappa shape index (κ1) is 21.2. The van der Waals surface area contributed by atoms with Crippen molar-refractivity contribution in [3.63, 3.8) is 0 Å². The summed E-state index contributed by atoms with van der Waals surface area (Å²) in [6, 6.07) is 7.28. The van der Waals surface area contributed by atoms with Crippen LogP contribution in [0.3, 0.4) is 0 Å². The molecule has 0 N–H and O–H groups in total. The Balaban J connectivity index is 1.78. The lowest BCUT2D eigenvalue weighted by molar-refractivity contribution is 0.0437. The van der Waals surface area contributed by atoms with E-state index in [9.17, 15) is 4.79 Å². The highest BCUT2D eigenvalue weighted by Gasteiger charge is 2.19. The topological polar surface area (TPSA) is 92.9 Å². The van der Waals surface area contributed by atoms with Crippen LogP contribution in [0.4, 0.5) is 0 Å². The van der Waals surface area contributed by atoms with Gasteiger partial charge in [-0.1, -0.05) is 17.7 Å². The summed E-state index contributed by atoms with van der Waals surface area (Å²) in [5, 5.41) is 7.99. The van der Waals surface area contributed by atoms with E-state index >= 15 is 0 Å². The number of rotatable bonds is 7. The maximum absolute atomic E-state index is 12.5. The molecule has 8 nitrogen and oxygen atoms in total. The Hall–Kier alpha value is -3.55. The summed E-state index contributed by atoms with van der Waals surface area (Å²) in [6.45, 7) is 5.61. The summed E-state index contributed by atoms with van der Waals surface area (Å²) in [4.78, 5) is 12.5. The van der Waals surface area contributed by atoms with E-state index in [0.717, 1.165) is 16.7 Å². The molecule has 0 spiro atoms. The van der Waals surface area contributed by atoms with Gasteiger partial charge in [0.1, 0.15) is 0 Å². The molecule has 0 unspecified atom stereocenters. The normalized spacial score (nSPS) is 10.6. The lowest BCUT2D eigenvalue weighted by Gasteiger charge is -2.12. The molecule has 8 heteroatoms. The van der Waals surface area contributed by atoms with Crippen molar-refractivity contribution in [2.45, 2.75) is 27.4 Å². The monoisotopic (exact) mass is 412 g/mol. The van der Waals surface area contributed by atoms with Crippen LogP contribution in [0.25, 0.3) is 11.5 Å². The number of methoxy groups -OCH3 is 3. The predicted octanol–water partition coefficient (Wildman–Crippen LogP) is 4.04. The molecule has 0 aliphatic carbocycles. The van der Waals surface area contributed by atoms with Crippen LogP contribution in [0.15, 0.2) is 28.7 Å². The number of hydrogen-bond acceptors (Lipinski definition) is 8. The highest BCUT2D eigenvalue weighted by molar-refractivity contribution is 5.92. The van der Waals surface area contributed by atoms with Crippen LogP contribution in [0.1, 0.15) is 32.9 Å². The number of benzene rings is 2. The van der Waals surface area contributed by atoms with Gasteiger partial charge in [-0.2, -0.15) is 0 Å². The number of aryl methyl sites for hydroxylation is 3. The van der Waals surface area contributed by atoms with Crippen LogP contribution in [0, 0.1) is 20.8 Å². The largest absolute Gasteiger partial charge is 0.493 e. The minimum absolute atomic E-state index is 0.136. The number of hydrogen-bond donors (Lipinski definition) is 0. The Labute approximate surface area is 174 Å². The molecule has 0 saturated heterocycles. The van der Waals surface area contributed by atoms with Gasteiger partial charge in [0.2, 0.25) is 11.6 Å². The third-order valence-electron chi connectivity index (χ3n) is 4.59. The van der Waals surface area contributed by atoms with Crippen LogP contribution in [-0.2, 0) is 11.3 Å². The van der Waals surface area contributed by atoms with Crippen molar-refractivity contribution in [3.8, 4) is 28.7 Å². The molecule has 0 aliphatic rings. The van der Waals surface area contributed by atoms with Gasteiger partial charge < -0.3 is 23.4 Å². The van der Waals surface area contributed by atoms with Crippen LogP contribution in [0.2, 0.25) is 0 Å². The summed E-state index contributed by atoms with van der Waals surface area (Å²) in [6.07, 6.45) is 0. The number of esters is 1. The molecule has 0 bridgehead atoms. The zero-order valence-corrected chi connectivity index (χ0v) is 17.9. The van der Waals surface area contributed by atoms with E-state index in [1.54, 1.807) is 12.1 Å². The summed E-state index contributed by atoms with van der Waals surface area (Å²) < 4.78 is 27.0. The first-order valence-electron chi connectivity index (χ1n) is 9.25. The maximum Gasteiger partial charge on any atom is 0.339 e. The Morgan fingerprint density at radius 2 is 1.50 bits per heavy atom. The van der Waals surface area contributed by atoms with Crippen LogP contribution >= 0.6 is 0 Å². The molecule has 3 rings (SSSR count). The van der Waals surface area contributed by atoms with Gasteiger partial charge in [0.15, 0.2) is 18.1 Å².